The van der Waals surface area contributed by atoms with Crippen molar-refractivity contribution in [2.24, 2.45) is 0 Å². The van der Waals surface area contributed by atoms with Crippen LogP contribution >= 0.6 is 11.6 Å². The molecule has 2 atom stereocenters. The van der Waals surface area contributed by atoms with Gasteiger partial charge in [-0.15, -0.1) is 11.6 Å². The van der Waals surface area contributed by atoms with Crippen LogP contribution in [0.2, 0.25) is 0 Å². The summed E-state index contributed by atoms with van der Waals surface area (Å²) < 4.78 is 7.77. The van der Waals surface area contributed by atoms with E-state index in [9.17, 15) is 4.79 Å². The number of esters is 1. The molecule has 0 N–H and O–H groups in total. The first-order chi connectivity index (χ1) is 13.5. The second kappa shape index (κ2) is 7.10. The van der Waals surface area contributed by atoms with E-state index in [1.165, 1.54) is 0 Å². The third-order valence-electron chi connectivity index (χ3n) is 5.74. The molecule has 28 heavy (non-hydrogen) atoms. The van der Waals surface area contributed by atoms with E-state index in [1.807, 2.05) is 86.8 Å². The van der Waals surface area contributed by atoms with Crippen LogP contribution in [0.15, 0.2) is 72.9 Å². The fourth-order valence-corrected chi connectivity index (χ4v) is 4.80. The Bertz CT molecular complexity index is 931. The van der Waals surface area contributed by atoms with Crippen molar-refractivity contribution in [1.29, 1.82) is 0 Å². The Morgan fingerprint density at radius 1 is 1.04 bits per heavy atom. The second-order valence-corrected chi connectivity index (χ2v) is 7.95. The molecule has 1 fully saturated rings. The molecule has 5 heteroatoms. The van der Waals surface area contributed by atoms with Crippen LogP contribution in [0.25, 0.3) is 0 Å². The molecule has 0 aliphatic carbocycles. The van der Waals surface area contributed by atoms with Gasteiger partial charge in [-0.2, -0.15) is 5.10 Å². The monoisotopic (exact) mass is 394 g/mol. The smallest absolute Gasteiger partial charge is 0.323 e. The van der Waals surface area contributed by atoms with Crippen LogP contribution in [-0.2, 0) is 21.5 Å². The number of halogens is 1. The number of aromatic nitrogens is 2. The topological polar surface area (TPSA) is 44.1 Å². The molecule has 1 aromatic heterocycles. The average Bonchev–Trinajstić information content (AvgIpc) is 3.23. The molecule has 1 aliphatic rings. The molecular formula is C23H23ClN2O2. The summed E-state index contributed by atoms with van der Waals surface area (Å²) in [5.74, 6) is -0.310. The largest absolute Gasteiger partial charge is 0.457 e. The summed E-state index contributed by atoms with van der Waals surface area (Å²) in [6.45, 7) is 4.36. The van der Waals surface area contributed by atoms with Crippen molar-refractivity contribution >= 4 is 17.6 Å². The number of aryl methyl sites for hydroxylation is 1. The molecule has 144 valence electrons. The highest BCUT2D eigenvalue weighted by molar-refractivity contribution is 6.29. The highest BCUT2D eigenvalue weighted by Crippen LogP contribution is 2.55. The minimum atomic E-state index is -1.08. The van der Waals surface area contributed by atoms with Gasteiger partial charge in [-0.1, -0.05) is 67.6 Å². The Kier molecular flexibility index (Phi) is 4.76. The molecule has 0 bridgehead atoms. The van der Waals surface area contributed by atoms with Crippen LogP contribution in [0.4, 0.5) is 0 Å². The molecule has 4 rings (SSSR count). The van der Waals surface area contributed by atoms with Gasteiger partial charge in [0, 0.05) is 6.20 Å². The Balaban J connectivity index is 1.90. The highest BCUT2D eigenvalue weighted by atomic mass is 35.5. The fraction of sp³-hybridized carbons (Fsp3) is 0.304. The Labute approximate surface area is 170 Å². The van der Waals surface area contributed by atoms with Crippen LogP contribution in [0, 0.1) is 6.92 Å². The summed E-state index contributed by atoms with van der Waals surface area (Å²) in [5.41, 5.74) is 1.53. The number of rotatable bonds is 5. The number of carbonyl (C=O) groups excluding carboxylic acids is 1. The predicted molar refractivity (Wildman–Crippen MR) is 109 cm³/mol. The molecule has 1 saturated heterocycles. The van der Waals surface area contributed by atoms with Crippen molar-refractivity contribution < 1.29 is 9.53 Å². The van der Waals surface area contributed by atoms with Crippen molar-refractivity contribution in [1.82, 2.24) is 9.78 Å². The van der Waals surface area contributed by atoms with E-state index >= 15 is 0 Å². The van der Waals surface area contributed by atoms with E-state index < -0.39 is 16.4 Å². The normalized spacial score (nSPS) is 23.5. The quantitative estimate of drug-likeness (QED) is 0.473. The standard InChI is InChI=1S/C23H23ClN2O2/c1-3-22(24)20(16-26-15-14-17(2)25-26)28-21(27)23(22,18-10-6-4-7-11-18)19-12-8-5-9-13-19/h4-15,20H,3,16H2,1-2H3. The lowest BCUT2D eigenvalue weighted by Crippen LogP contribution is -2.53. The number of alkyl halides is 1. The molecular weight excluding hydrogens is 372 g/mol. The maximum atomic E-state index is 13.5. The first kappa shape index (κ1) is 18.8. The van der Waals surface area contributed by atoms with Gasteiger partial charge in [0.25, 0.3) is 0 Å². The summed E-state index contributed by atoms with van der Waals surface area (Å²) in [4.78, 5) is 12.6. The zero-order chi connectivity index (χ0) is 19.8. The van der Waals surface area contributed by atoms with Crippen LogP contribution in [0.1, 0.15) is 30.2 Å². The number of cyclic esters (lactones) is 1. The average molecular weight is 395 g/mol. The van der Waals surface area contributed by atoms with Crippen molar-refractivity contribution in [3.8, 4) is 0 Å². The van der Waals surface area contributed by atoms with Crippen molar-refractivity contribution in [2.75, 3.05) is 0 Å². The molecule has 2 unspecified atom stereocenters. The zero-order valence-electron chi connectivity index (χ0n) is 16.0. The third-order valence-corrected chi connectivity index (χ3v) is 6.54. The van der Waals surface area contributed by atoms with Crippen molar-refractivity contribution in [3.63, 3.8) is 0 Å². The van der Waals surface area contributed by atoms with E-state index in [1.54, 1.807) is 4.68 Å². The summed E-state index contributed by atoms with van der Waals surface area (Å²) in [6, 6.07) is 21.4. The van der Waals surface area contributed by atoms with Gasteiger partial charge in [-0.3, -0.25) is 9.48 Å². The van der Waals surface area contributed by atoms with Gasteiger partial charge in [0.2, 0.25) is 0 Å². The summed E-state index contributed by atoms with van der Waals surface area (Å²) in [6.07, 6.45) is 1.95. The molecule has 4 nitrogen and oxygen atoms in total. The number of hydrogen-bond acceptors (Lipinski definition) is 3. The first-order valence-corrected chi connectivity index (χ1v) is 9.91. The molecule has 0 radical (unpaired) electrons. The van der Waals surface area contributed by atoms with Gasteiger partial charge in [-0.25, -0.2) is 0 Å². The van der Waals surface area contributed by atoms with E-state index in [2.05, 4.69) is 5.10 Å². The molecule has 2 heterocycles. The van der Waals surface area contributed by atoms with Gasteiger partial charge < -0.3 is 4.74 Å². The molecule has 1 aliphatic heterocycles. The molecule has 3 aromatic rings. The van der Waals surface area contributed by atoms with Gasteiger partial charge in [0.15, 0.2) is 0 Å². The number of ether oxygens (including phenoxy) is 1. The second-order valence-electron chi connectivity index (χ2n) is 7.27. The predicted octanol–water partition coefficient (Wildman–Crippen LogP) is 4.49. The van der Waals surface area contributed by atoms with E-state index in [0.717, 1.165) is 16.8 Å². The van der Waals surface area contributed by atoms with E-state index in [-0.39, 0.29) is 5.97 Å². The summed E-state index contributed by atoms with van der Waals surface area (Å²) in [7, 11) is 0. The Morgan fingerprint density at radius 3 is 2.07 bits per heavy atom. The van der Waals surface area contributed by atoms with E-state index in [4.69, 9.17) is 16.3 Å². The van der Waals surface area contributed by atoms with E-state index in [0.29, 0.717) is 13.0 Å². The van der Waals surface area contributed by atoms with Crippen LogP contribution < -0.4 is 0 Å². The minimum absolute atomic E-state index is 0.310. The third kappa shape index (κ3) is 2.67. The molecule has 0 amide bonds. The maximum Gasteiger partial charge on any atom is 0.323 e. The van der Waals surface area contributed by atoms with Gasteiger partial charge in [-0.05, 0) is 30.5 Å². The number of hydrogen-bond donors (Lipinski definition) is 0. The van der Waals surface area contributed by atoms with Gasteiger partial charge >= 0.3 is 5.97 Å². The van der Waals surface area contributed by atoms with Crippen molar-refractivity contribution in [3.05, 3.63) is 89.7 Å². The lowest BCUT2D eigenvalue weighted by Gasteiger charge is -2.40. The molecule has 2 aromatic carbocycles. The molecule has 0 saturated carbocycles. The van der Waals surface area contributed by atoms with Crippen LogP contribution in [0.3, 0.4) is 0 Å². The van der Waals surface area contributed by atoms with Crippen LogP contribution in [0.5, 0.6) is 0 Å². The number of nitrogens with zero attached hydrogens (tertiary/aromatic N) is 2. The maximum absolute atomic E-state index is 13.5. The zero-order valence-corrected chi connectivity index (χ0v) is 16.8. The lowest BCUT2D eigenvalue weighted by atomic mass is 9.64. The number of benzene rings is 2. The molecule has 0 spiro atoms. The summed E-state index contributed by atoms with van der Waals surface area (Å²) >= 11 is 7.38. The van der Waals surface area contributed by atoms with Crippen LogP contribution in [-0.4, -0.2) is 26.7 Å². The Morgan fingerprint density at radius 2 is 1.61 bits per heavy atom. The van der Waals surface area contributed by atoms with Gasteiger partial charge in [0.1, 0.15) is 16.4 Å². The number of carbonyl (C=O) groups is 1. The van der Waals surface area contributed by atoms with Crippen molar-refractivity contribution in [2.45, 2.75) is 43.2 Å². The van der Waals surface area contributed by atoms with Gasteiger partial charge in [0.05, 0.1) is 12.2 Å². The fourth-order valence-electron chi connectivity index (χ4n) is 4.39. The highest BCUT2D eigenvalue weighted by Gasteiger charge is 2.68. The Hall–Kier alpha value is -2.59. The summed E-state index contributed by atoms with van der Waals surface area (Å²) in [5, 5.41) is 4.46. The SMILES string of the molecule is CCC1(Cl)C(Cn2ccc(C)n2)OC(=O)C1(c1ccccc1)c1ccccc1. The lowest BCUT2D eigenvalue weighted by molar-refractivity contribution is -0.145. The minimum Gasteiger partial charge on any atom is -0.457 e. The first-order valence-electron chi connectivity index (χ1n) is 9.53.